The van der Waals surface area contributed by atoms with Gasteiger partial charge in [-0.25, -0.2) is 9.97 Å². The van der Waals surface area contributed by atoms with Crippen LogP contribution in [0, 0.1) is 0 Å². The lowest BCUT2D eigenvalue weighted by Gasteiger charge is -2.13. The average Bonchev–Trinajstić information content (AvgIpc) is 3.25. The molecule has 0 bridgehead atoms. The van der Waals surface area contributed by atoms with Crippen LogP contribution in [0.1, 0.15) is 11.7 Å². The molecule has 0 spiro atoms. The number of aromatic nitrogens is 4. The van der Waals surface area contributed by atoms with Crippen molar-refractivity contribution in [1.82, 2.24) is 19.5 Å². The number of aromatic amines is 1. The van der Waals surface area contributed by atoms with Crippen molar-refractivity contribution in [1.29, 1.82) is 0 Å². The Bertz CT molecular complexity index is 927. The van der Waals surface area contributed by atoms with E-state index >= 15 is 0 Å². The largest absolute Gasteiger partial charge is 0.387 e. The highest BCUT2D eigenvalue weighted by Crippen LogP contribution is 2.25. The van der Waals surface area contributed by atoms with Crippen molar-refractivity contribution in [3.05, 3.63) is 73.1 Å². The fraction of sp³-hybridized carbons (Fsp3) is 0.111. The van der Waals surface area contributed by atoms with E-state index in [0.29, 0.717) is 6.54 Å². The second kappa shape index (κ2) is 5.70. The van der Waals surface area contributed by atoms with Crippen LogP contribution in [0.2, 0.25) is 0 Å². The maximum Gasteiger partial charge on any atom is 0.137 e. The smallest absolute Gasteiger partial charge is 0.137 e. The number of aliphatic hydroxyl groups is 1. The van der Waals surface area contributed by atoms with Gasteiger partial charge < -0.3 is 14.7 Å². The molecule has 4 rings (SSSR count). The Kier molecular flexibility index (Phi) is 3.40. The molecule has 0 aliphatic carbocycles. The van der Waals surface area contributed by atoms with E-state index in [-0.39, 0.29) is 0 Å². The van der Waals surface area contributed by atoms with Crippen molar-refractivity contribution in [3.8, 4) is 11.1 Å². The summed E-state index contributed by atoms with van der Waals surface area (Å²) in [5.41, 5.74) is 3.84. The van der Waals surface area contributed by atoms with Crippen LogP contribution >= 0.6 is 0 Å². The highest BCUT2D eigenvalue weighted by molar-refractivity contribution is 5.81. The topological polar surface area (TPSA) is 66.7 Å². The van der Waals surface area contributed by atoms with Gasteiger partial charge in [0.05, 0.1) is 19.0 Å². The maximum atomic E-state index is 10.4. The molecule has 3 heterocycles. The zero-order chi connectivity index (χ0) is 15.6. The fourth-order valence-electron chi connectivity index (χ4n) is 2.72. The van der Waals surface area contributed by atoms with Crippen molar-refractivity contribution >= 4 is 11.0 Å². The molecule has 0 fully saturated rings. The van der Waals surface area contributed by atoms with Crippen molar-refractivity contribution in [2.24, 2.45) is 0 Å². The molecule has 4 aromatic rings. The molecule has 5 heteroatoms. The third kappa shape index (κ3) is 2.74. The highest BCUT2D eigenvalue weighted by Gasteiger charge is 2.10. The summed E-state index contributed by atoms with van der Waals surface area (Å²) < 4.78 is 1.87. The first-order valence-electron chi connectivity index (χ1n) is 7.47. The van der Waals surface area contributed by atoms with E-state index in [1.54, 1.807) is 12.5 Å². The molecule has 1 aromatic carbocycles. The van der Waals surface area contributed by atoms with Gasteiger partial charge in [0.15, 0.2) is 0 Å². The van der Waals surface area contributed by atoms with Gasteiger partial charge in [0, 0.05) is 35.7 Å². The van der Waals surface area contributed by atoms with Crippen LogP contribution in [-0.2, 0) is 6.54 Å². The van der Waals surface area contributed by atoms with Crippen molar-refractivity contribution in [2.75, 3.05) is 0 Å². The van der Waals surface area contributed by atoms with Gasteiger partial charge in [-0.05, 0) is 29.3 Å². The number of H-pyrrole nitrogens is 1. The minimum atomic E-state index is -0.576. The van der Waals surface area contributed by atoms with Gasteiger partial charge in [-0.3, -0.25) is 0 Å². The van der Waals surface area contributed by atoms with E-state index in [9.17, 15) is 5.11 Å². The van der Waals surface area contributed by atoms with Gasteiger partial charge in [-0.15, -0.1) is 0 Å². The first-order valence-corrected chi connectivity index (χ1v) is 7.47. The molecule has 1 atom stereocenters. The van der Waals surface area contributed by atoms with E-state index in [0.717, 1.165) is 27.7 Å². The Labute approximate surface area is 133 Å². The number of fused-ring (bicyclic) bond motifs is 1. The molecule has 0 radical (unpaired) electrons. The van der Waals surface area contributed by atoms with Gasteiger partial charge in [0.2, 0.25) is 0 Å². The van der Waals surface area contributed by atoms with Crippen molar-refractivity contribution in [3.63, 3.8) is 0 Å². The number of benzene rings is 1. The minimum absolute atomic E-state index is 0.485. The van der Waals surface area contributed by atoms with Gasteiger partial charge in [-0.2, -0.15) is 0 Å². The summed E-state index contributed by atoms with van der Waals surface area (Å²) in [4.78, 5) is 11.5. The molecule has 114 valence electrons. The quantitative estimate of drug-likeness (QED) is 0.608. The van der Waals surface area contributed by atoms with Crippen LogP contribution in [-0.4, -0.2) is 24.6 Å². The number of hydrogen-bond donors (Lipinski definition) is 2. The Hall–Kier alpha value is -2.92. The summed E-state index contributed by atoms with van der Waals surface area (Å²) in [6.45, 7) is 0.485. The zero-order valence-corrected chi connectivity index (χ0v) is 12.4. The predicted octanol–water partition coefficient (Wildman–Crippen LogP) is 3.16. The van der Waals surface area contributed by atoms with Gasteiger partial charge in [0.1, 0.15) is 5.65 Å². The van der Waals surface area contributed by atoms with Crippen LogP contribution in [0.25, 0.3) is 22.2 Å². The molecule has 0 amide bonds. The van der Waals surface area contributed by atoms with Crippen LogP contribution in [0.5, 0.6) is 0 Å². The summed E-state index contributed by atoms with van der Waals surface area (Å²) in [5.74, 6) is 0. The van der Waals surface area contributed by atoms with E-state index in [4.69, 9.17) is 0 Å². The average molecular weight is 304 g/mol. The van der Waals surface area contributed by atoms with Gasteiger partial charge in [-0.1, -0.05) is 18.2 Å². The summed E-state index contributed by atoms with van der Waals surface area (Å²) in [6.07, 6.45) is 8.41. The molecular formula is C18H16N4O. The number of nitrogens with one attached hydrogen (secondary N) is 1. The number of rotatable bonds is 4. The molecule has 1 unspecified atom stereocenters. The van der Waals surface area contributed by atoms with E-state index in [1.165, 1.54) is 0 Å². The fourth-order valence-corrected chi connectivity index (χ4v) is 2.72. The standard InChI is InChI=1S/C18H16N4O/c23-17(11-22-7-6-19-12-22)14-3-1-2-13(8-14)16-9-15-4-5-20-18(15)21-10-16/h1-10,12,17,23H,11H2,(H,20,21). The lowest BCUT2D eigenvalue weighted by molar-refractivity contribution is 0.156. The predicted molar refractivity (Wildman–Crippen MR) is 88.7 cm³/mol. The first kappa shape index (κ1) is 13.7. The molecule has 0 aliphatic heterocycles. The second-order valence-corrected chi connectivity index (χ2v) is 5.54. The normalized spacial score (nSPS) is 12.6. The Morgan fingerprint density at radius 1 is 1.17 bits per heavy atom. The monoisotopic (exact) mass is 304 g/mol. The molecule has 0 saturated carbocycles. The van der Waals surface area contributed by atoms with Crippen molar-refractivity contribution in [2.45, 2.75) is 12.6 Å². The number of nitrogens with zero attached hydrogens (tertiary/aromatic N) is 3. The van der Waals surface area contributed by atoms with E-state index < -0.39 is 6.10 Å². The third-order valence-electron chi connectivity index (χ3n) is 3.95. The summed E-state index contributed by atoms with van der Waals surface area (Å²) in [7, 11) is 0. The van der Waals surface area contributed by atoms with Crippen LogP contribution in [0.4, 0.5) is 0 Å². The van der Waals surface area contributed by atoms with Crippen molar-refractivity contribution < 1.29 is 5.11 Å². The van der Waals surface area contributed by atoms with E-state index in [1.807, 2.05) is 53.5 Å². The van der Waals surface area contributed by atoms with Crippen LogP contribution in [0.3, 0.4) is 0 Å². The SMILES string of the molecule is OC(Cn1ccnc1)c1cccc(-c2cnc3[nH]ccc3c2)c1. The molecular weight excluding hydrogens is 288 g/mol. The third-order valence-corrected chi connectivity index (χ3v) is 3.95. The van der Waals surface area contributed by atoms with Crippen LogP contribution in [0.15, 0.2) is 67.5 Å². The minimum Gasteiger partial charge on any atom is -0.387 e. The van der Waals surface area contributed by atoms with Gasteiger partial charge in [0.25, 0.3) is 0 Å². The number of aliphatic hydroxyl groups excluding tert-OH is 1. The Morgan fingerprint density at radius 3 is 3.00 bits per heavy atom. The Balaban J connectivity index is 1.64. The Morgan fingerprint density at radius 2 is 2.13 bits per heavy atom. The molecule has 0 aliphatic rings. The lowest BCUT2D eigenvalue weighted by Crippen LogP contribution is -2.07. The van der Waals surface area contributed by atoms with Crippen LogP contribution < -0.4 is 0 Å². The molecule has 0 saturated heterocycles. The molecule has 23 heavy (non-hydrogen) atoms. The molecule has 2 N–H and O–H groups in total. The van der Waals surface area contributed by atoms with E-state index in [2.05, 4.69) is 21.0 Å². The van der Waals surface area contributed by atoms with Gasteiger partial charge >= 0.3 is 0 Å². The summed E-state index contributed by atoms with van der Waals surface area (Å²) in [6, 6.07) is 12.0. The molecule has 5 nitrogen and oxygen atoms in total. The summed E-state index contributed by atoms with van der Waals surface area (Å²) >= 11 is 0. The summed E-state index contributed by atoms with van der Waals surface area (Å²) in [5, 5.41) is 11.5. The number of imidazole rings is 1. The highest BCUT2D eigenvalue weighted by atomic mass is 16.3. The maximum absolute atomic E-state index is 10.4. The number of pyridine rings is 1. The lowest BCUT2D eigenvalue weighted by atomic mass is 10.0. The second-order valence-electron chi connectivity index (χ2n) is 5.54. The zero-order valence-electron chi connectivity index (χ0n) is 12.4. The first-order chi connectivity index (χ1) is 11.3. The number of hydrogen-bond acceptors (Lipinski definition) is 3. The molecule has 3 aromatic heterocycles.